The van der Waals surface area contributed by atoms with E-state index < -0.39 is 0 Å². The van der Waals surface area contributed by atoms with Crippen LogP contribution in [-0.2, 0) is 6.42 Å². The Morgan fingerprint density at radius 1 is 1.36 bits per heavy atom. The second-order valence-electron chi connectivity index (χ2n) is 2.17. The number of hydrogen-bond acceptors (Lipinski definition) is 2. The van der Waals surface area contributed by atoms with E-state index in [2.05, 4.69) is 16.4 Å². The molecule has 0 unspecified atom stereocenters. The quantitative estimate of drug-likeness (QED) is 0.680. The Morgan fingerprint density at radius 3 is 2.91 bits per heavy atom. The lowest BCUT2D eigenvalue weighted by Gasteiger charge is -1.93. The van der Waals surface area contributed by atoms with Crippen molar-refractivity contribution in [2.75, 3.05) is 11.9 Å². The molecule has 1 aliphatic rings. The van der Waals surface area contributed by atoms with Crippen LogP contribution < -0.4 is 5.32 Å². The number of fused-ring (bicyclic) bond motifs is 1. The lowest BCUT2D eigenvalue weighted by Crippen LogP contribution is -1.90. The first-order valence-electron chi connectivity index (χ1n) is 3.14. The van der Waals surface area contributed by atoms with Gasteiger partial charge in [-0.05, 0) is 12.1 Å². The van der Waals surface area contributed by atoms with E-state index in [0.717, 1.165) is 13.0 Å². The summed E-state index contributed by atoms with van der Waals surface area (Å²) in [5.74, 6) is 0. The Balaban J connectivity index is 0.000000500. The highest BCUT2D eigenvalue weighted by Crippen LogP contribution is 2.17. The van der Waals surface area contributed by atoms with Crippen molar-refractivity contribution < 1.29 is 0 Å². The van der Waals surface area contributed by atoms with E-state index >= 15 is 0 Å². The van der Waals surface area contributed by atoms with Crippen molar-refractivity contribution in [3.63, 3.8) is 0 Å². The number of anilines is 1. The summed E-state index contributed by atoms with van der Waals surface area (Å²) in [5.41, 5.74) is 2.41. The van der Waals surface area contributed by atoms with Crippen LogP contribution in [0.2, 0.25) is 0 Å². The number of halogens is 2. The molecule has 0 atom stereocenters. The second-order valence-corrected chi connectivity index (χ2v) is 2.17. The minimum Gasteiger partial charge on any atom is -0.383 e. The maximum Gasteiger partial charge on any atom is 0.0652 e. The van der Waals surface area contributed by atoms with E-state index in [4.69, 9.17) is 0 Å². The Hall–Kier alpha value is -0.470. The van der Waals surface area contributed by atoms with E-state index in [0.29, 0.717) is 0 Å². The molecule has 0 aromatic carbocycles. The highest BCUT2D eigenvalue weighted by molar-refractivity contribution is 5.85. The van der Waals surface area contributed by atoms with Crippen LogP contribution in [0.3, 0.4) is 0 Å². The molecule has 2 heterocycles. The number of hydrogen-bond donors (Lipinski definition) is 1. The first-order chi connectivity index (χ1) is 4.47. The molecule has 0 saturated heterocycles. The summed E-state index contributed by atoms with van der Waals surface area (Å²) in [7, 11) is 0. The molecule has 62 valence electrons. The van der Waals surface area contributed by atoms with Crippen molar-refractivity contribution in [2.45, 2.75) is 6.42 Å². The van der Waals surface area contributed by atoms with Gasteiger partial charge in [0.25, 0.3) is 0 Å². The Morgan fingerprint density at radius 2 is 2.18 bits per heavy atom. The molecule has 11 heavy (non-hydrogen) atoms. The van der Waals surface area contributed by atoms with Gasteiger partial charge < -0.3 is 5.32 Å². The van der Waals surface area contributed by atoms with Crippen molar-refractivity contribution in [3.05, 3.63) is 24.0 Å². The summed E-state index contributed by atoms with van der Waals surface area (Å²) in [6.07, 6.45) is 2.92. The molecule has 1 aromatic rings. The highest BCUT2D eigenvalue weighted by Gasteiger charge is 2.07. The second kappa shape index (κ2) is 4.42. The van der Waals surface area contributed by atoms with E-state index in [1.54, 1.807) is 0 Å². The van der Waals surface area contributed by atoms with Crippen molar-refractivity contribution in [3.8, 4) is 0 Å². The molecule has 0 fully saturated rings. The largest absolute Gasteiger partial charge is 0.383 e. The van der Waals surface area contributed by atoms with E-state index in [9.17, 15) is 0 Å². The Labute approximate surface area is 78.2 Å². The minimum atomic E-state index is 0. The molecular weight excluding hydrogens is 183 g/mol. The van der Waals surface area contributed by atoms with Crippen molar-refractivity contribution in [2.24, 2.45) is 0 Å². The molecular formula is C7H10Cl2N2. The average molecular weight is 193 g/mol. The summed E-state index contributed by atoms with van der Waals surface area (Å²) in [6, 6.07) is 4.02. The summed E-state index contributed by atoms with van der Waals surface area (Å²) in [4.78, 5) is 4.20. The standard InChI is InChI=1S/C7H8N2.2ClH/c1-2-6-7(8-4-1)3-5-9-6;;/h1-2,4,9H,3,5H2;2*1H. The van der Waals surface area contributed by atoms with Crippen LogP contribution in [-0.4, -0.2) is 11.5 Å². The molecule has 0 bridgehead atoms. The SMILES string of the molecule is Cl.Cl.c1cnc2c(c1)NCC2. The number of rotatable bonds is 0. The van der Waals surface area contributed by atoms with E-state index in [1.807, 2.05) is 12.3 Å². The van der Waals surface area contributed by atoms with Gasteiger partial charge in [-0.1, -0.05) is 0 Å². The maximum absolute atomic E-state index is 4.20. The predicted octanol–water partition coefficient (Wildman–Crippen LogP) is 1.89. The third kappa shape index (κ3) is 1.98. The Kier molecular flexibility index (Phi) is 4.23. The molecule has 2 nitrogen and oxygen atoms in total. The van der Waals surface area contributed by atoms with Gasteiger partial charge in [0.05, 0.1) is 11.4 Å². The molecule has 2 rings (SSSR count). The summed E-state index contributed by atoms with van der Waals surface area (Å²) in [5, 5.41) is 3.24. The van der Waals surface area contributed by atoms with Crippen LogP contribution in [0.5, 0.6) is 0 Å². The number of aromatic nitrogens is 1. The highest BCUT2D eigenvalue weighted by atomic mass is 35.5. The molecule has 4 heteroatoms. The van der Waals surface area contributed by atoms with Gasteiger partial charge in [-0.2, -0.15) is 0 Å². The zero-order valence-electron chi connectivity index (χ0n) is 5.91. The molecule has 0 radical (unpaired) electrons. The topological polar surface area (TPSA) is 24.9 Å². The molecule has 0 spiro atoms. The van der Waals surface area contributed by atoms with Gasteiger partial charge in [-0.3, -0.25) is 4.98 Å². The maximum atomic E-state index is 4.20. The molecule has 1 aromatic heterocycles. The van der Waals surface area contributed by atoms with Crippen LogP contribution >= 0.6 is 24.8 Å². The Bertz CT molecular complexity index is 204. The van der Waals surface area contributed by atoms with Gasteiger partial charge in [-0.25, -0.2) is 0 Å². The summed E-state index contributed by atoms with van der Waals surface area (Å²) >= 11 is 0. The van der Waals surface area contributed by atoms with Crippen LogP contribution in [0.15, 0.2) is 18.3 Å². The van der Waals surface area contributed by atoms with Gasteiger partial charge in [0.2, 0.25) is 0 Å². The zero-order chi connectivity index (χ0) is 6.10. The number of nitrogens with one attached hydrogen (secondary N) is 1. The fourth-order valence-corrected chi connectivity index (χ4v) is 1.11. The van der Waals surface area contributed by atoms with Crippen LogP contribution in [0.4, 0.5) is 5.69 Å². The summed E-state index contributed by atoms with van der Waals surface area (Å²) in [6.45, 7) is 1.05. The first kappa shape index (κ1) is 10.5. The average Bonchev–Trinajstić information content (AvgIpc) is 2.33. The normalized spacial score (nSPS) is 12.0. The fourth-order valence-electron chi connectivity index (χ4n) is 1.11. The minimum absolute atomic E-state index is 0. The van der Waals surface area contributed by atoms with Gasteiger partial charge in [0.1, 0.15) is 0 Å². The van der Waals surface area contributed by atoms with E-state index in [1.165, 1.54) is 11.4 Å². The molecule has 0 saturated carbocycles. The van der Waals surface area contributed by atoms with Crippen molar-refractivity contribution in [1.82, 2.24) is 4.98 Å². The lowest BCUT2D eigenvalue weighted by atomic mass is 10.3. The van der Waals surface area contributed by atoms with Gasteiger partial charge in [0, 0.05) is 19.2 Å². The van der Waals surface area contributed by atoms with E-state index in [-0.39, 0.29) is 24.8 Å². The third-order valence-electron chi connectivity index (χ3n) is 1.57. The predicted molar refractivity (Wildman–Crippen MR) is 50.9 cm³/mol. The smallest absolute Gasteiger partial charge is 0.0652 e. The van der Waals surface area contributed by atoms with Crippen LogP contribution in [0.1, 0.15) is 5.69 Å². The summed E-state index contributed by atoms with van der Waals surface area (Å²) < 4.78 is 0. The zero-order valence-corrected chi connectivity index (χ0v) is 7.54. The molecule has 1 N–H and O–H groups in total. The monoisotopic (exact) mass is 192 g/mol. The molecule has 1 aliphatic heterocycles. The molecule has 0 amide bonds. The van der Waals surface area contributed by atoms with Crippen molar-refractivity contribution in [1.29, 1.82) is 0 Å². The van der Waals surface area contributed by atoms with Crippen molar-refractivity contribution >= 4 is 30.5 Å². The van der Waals surface area contributed by atoms with Crippen LogP contribution in [0.25, 0.3) is 0 Å². The van der Waals surface area contributed by atoms with Crippen LogP contribution in [0, 0.1) is 0 Å². The fraction of sp³-hybridized carbons (Fsp3) is 0.286. The van der Waals surface area contributed by atoms with Gasteiger partial charge >= 0.3 is 0 Å². The van der Waals surface area contributed by atoms with Gasteiger partial charge in [0.15, 0.2) is 0 Å². The first-order valence-corrected chi connectivity index (χ1v) is 3.14. The van der Waals surface area contributed by atoms with Gasteiger partial charge in [-0.15, -0.1) is 24.8 Å². The lowest BCUT2D eigenvalue weighted by molar-refractivity contribution is 1.04. The number of nitrogens with zero attached hydrogens (tertiary/aromatic N) is 1. The molecule has 0 aliphatic carbocycles. The number of pyridine rings is 1. The third-order valence-corrected chi connectivity index (χ3v) is 1.57.